The van der Waals surface area contributed by atoms with Gasteiger partial charge in [-0.15, -0.1) is 0 Å². The third-order valence-electron chi connectivity index (χ3n) is 0. The van der Waals surface area contributed by atoms with E-state index in [9.17, 15) is 0 Å². The highest BCUT2D eigenvalue weighted by atomic mass is 16.2. The lowest BCUT2D eigenvalue weighted by atomic mass is 11.6. The van der Waals surface area contributed by atoms with Gasteiger partial charge in [-0.05, 0) is 0 Å². The second-order valence-corrected chi connectivity index (χ2v) is 0.183. The molecule has 0 atom stereocenters. The Labute approximate surface area is 29.4 Å². The molecule has 0 aromatic heterocycles. The molecule has 0 rings (SSSR count). The lowest BCUT2D eigenvalue weighted by Crippen LogP contribution is -1.21. The summed E-state index contributed by atoms with van der Waals surface area (Å²) in [6, 6.07) is 0. The van der Waals surface area contributed by atoms with Crippen molar-refractivity contribution in [3.63, 3.8) is 0 Å². The zero-order valence-corrected chi connectivity index (χ0v) is 2.86. The summed E-state index contributed by atoms with van der Waals surface area (Å²) in [5.41, 5.74) is 0. The van der Waals surface area contributed by atoms with Crippen LogP contribution in [0.4, 0.5) is 0 Å². The molecule has 4 N–H and O–H groups in total. The quantitative estimate of drug-likeness (QED) is 0.334. The maximum atomic E-state index is 8.56. The summed E-state index contributed by atoms with van der Waals surface area (Å²) in [7, 11) is 1.19. The van der Waals surface area contributed by atoms with E-state index in [-0.39, 0.29) is 11.0 Å². The summed E-state index contributed by atoms with van der Waals surface area (Å²) in [6.45, 7) is 0. The number of rotatable bonds is 0. The number of hydrogen-bond acceptors (Lipinski definition) is 2. The van der Waals surface area contributed by atoms with Crippen LogP contribution in [0, 0.1) is 4.91 Å². The molecule has 4 nitrogen and oxygen atoms in total. The Kier molecular flexibility index (Phi) is 401. The lowest BCUT2D eigenvalue weighted by molar-refractivity contribution is 0.823. The van der Waals surface area contributed by atoms with Crippen molar-refractivity contribution in [2.75, 3.05) is 7.05 Å². The Morgan fingerprint density at radius 2 is 1.40 bits per heavy atom. The average molecular weight is 81.1 g/mol. The maximum Gasteiger partial charge on any atom is 0.0700 e. The first kappa shape index (κ1) is 24.2. The van der Waals surface area contributed by atoms with Gasteiger partial charge in [-0.2, -0.15) is 4.91 Å². The standard InChI is InChI=1S/CH3NO.2H2O/c1-2-3;;/h1H3;2*1H2. The van der Waals surface area contributed by atoms with E-state index in [4.69, 9.17) is 4.91 Å². The van der Waals surface area contributed by atoms with Crippen LogP contribution in [0.1, 0.15) is 0 Å². The number of nitroso groups, excluding NO2 is 1. The highest BCUT2D eigenvalue weighted by Crippen LogP contribution is 1.27. The van der Waals surface area contributed by atoms with E-state index in [1.807, 2.05) is 0 Å². The third kappa shape index (κ3) is 35.3. The third-order valence-corrected chi connectivity index (χ3v) is 0. The first-order valence-electron chi connectivity index (χ1n) is 0.630. The number of hydrogen-bond donors (Lipinski definition) is 0. The van der Waals surface area contributed by atoms with Crippen molar-refractivity contribution in [2.45, 2.75) is 0 Å². The molecular formula is CH7NO3. The highest BCUT2D eigenvalue weighted by molar-refractivity contribution is 4.01. The first-order valence-corrected chi connectivity index (χ1v) is 0.630. The fourth-order valence-corrected chi connectivity index (χ4v) is 0. The SMILES string of the molecule is CN=O.O.O. The van der Waals surface area contributed by atoms with Gasteiger partial charge >= 0.3 is 0 Å². The molecule has 0 aromatic rings. The van der Waals surface area contributed by atoms with Crippen LogP contribution in [0.15, 0.2) is 5.18 Å². The van der Waals surface area contributed by atoms with Gasteiger partial charge in [0.25, 0.3) is 0 Å². The Morgan fingerprint density at radius 3 is 1.40 bits per heavy atom. The molecule has 0 radical (unpaired) electrons. The van der Waals surface area contributed by atoms with Crippen molar-refractivity contribution in [3.8, 4) is 0 Å². The highest BCUT2D eigenvalue weighted by Gasteiger charge is 1.19. The lowest BCUT2D eigenvalue weighted by Gasteiger charge is -1.27. The van der Waals surface area contributed by atoms with Crippen LogP contribution in [0.3, 0.4) is 0 Å². The minimum absolute atomic E-state index is 0. The van der Waals surface area contributed by atoms with Crippen molar-refractivity contribution in [2.24, 2.45) is 5.18 Å². The maximum absolute atomic E-state index is 8.56. The van der Waals surface area contributed by atoms with Crippen LogP contribution in [0.25, 0.3) is 0 Å². The molecule has 0 spiro atoms. The van der Waals surface area contributed by atoms with Crippen LogP contribution in [0.5, 0.6) is 0 Å². The Hall–Kier alpha value is -0.480. The van der Waals surface area contributed by atoms with E-state index in [0.29, 0.717) is 0 Å². The molecule has 0 aromatic carbocycles. The molecule has 0 bridgehead atoms. The predicted octanol–water partition coefficient (Wildman–Crippen LogP) is -1.27. The van der Waals surface area contributed by atoms with Crippen molar-refractivity contribution in [1.82, 2.24) is 0 Å². The van der Waals surface area contributed by atoms with Gasteiger partial charge in [0.05, 0.1) is 7.05 Å². The fraction of sp³-hybridized carbons (Fsp3) is 1.00. The molecule has 0 saturated heterocycles. The second kappa shape index (κ2) is 82.7. The number of nitrogens with zero attached hydrogens (tertiary/aromatic N) is 1. The van der Waals surface area contributed by atoms with Crippen molar-refractivity contribution in [1.29, 1.82) is 0 Å². The molecule has 0 aliphatic carbocycles. The fourth-order valence-electron chi connectivity index (χ4n) is 0. The van der Waals surface area contributed by atoms with E-state index in [1.165, 1.54) is 7.05 Å². The molecule has 34 valence electrons. The first-order chi connectivity index (χ1) is 1.41. The van der Waals surface area contributed by atoms with Crippen molar-refractivity contribution in [3.05, 3.63) is 4.91 Å². The zero-order valence-electron chi connectivity index (χ0n) is 2.86. The van der Waals surface area contributed by atoms with E-state index >= 15 is 0 Å². The normalized spacial score (nSPS) is 2.60. The molecular weight excluding hydrogens is 74.0 g/mol. The van der Waals surface area contributed by atoms with E-state index in [0.717, 1.165) is 0 Å². The minimum Gasteiger partial charge on any atom is -0.412 e. The molecule has 0 heterocycles. The van der Waals surface area contributed by atoms with Gasteiger partial charge in [0.2, 0.25) is 0 Å². The van der Waals surface area contributed by atoms with Gasteiger partial charge in [-0.1, -0.05) is 5.18 Å². The molecule has 0 aliphatic rings. The minimum atomic E-state index is 0. The van der Waals surface area contributed by atoms with E-state index < -0.39 is 0 Å². The van der Waals surface area contributed by atoms with Gasteiger partial charge < -0.3 is 11.0 Å². The average Bonchev–Trinajstić information content (AvgIpc) is 0.918. The van der Waals surface area contributed by atoms with Gasteiger partial charge in [0, 0.05) is 0 Å². The molecule has 0 saturated carbocycles. The summed E-state index contributed by atoms with van der Waals surface area (Å²) in [5, 5.41) is 2.25. The van der Waals surface area contributed by atoms with Crippen LogP contribution in [-0.4, -0.2) is 18.0 Å². The topological polar surface area (TPSA) is 92.4 Å². The van der Waals surface area contributed by atoms with Gasteiger partial charge in [0.1, 0.15) is 0 Å². The summed E-state index contributed by atoms with van der Waals surface area (Å²) in [4.78, 5) is 8.56. The van der Waals surface area contributed by atoms with Gasteiger partial charge in [0.15, 0.2) is 0 Å². The van der Waals surface area contributed by atoms with E-state index in [2.05, 4.69) is 5.18 Å². The Bertz CT molecular complexity index is 14.4. The summed E-state index contributed by atoms with van der Waals surface area (Å²) < 4.78 is 0. The Morgan fingerprint density at radius 1 is 1.40 bits per heavy atom. The second-order valence-electron chi connectivity index (χ2n) is 0.183. The van der Waals surface area contributed by atoms with Crippen LogP contribution < -0.4 is 0 Å². The Balaban J connectivity index is -0.0000000200. The molecule has 0 amide bonds. The van der Waals surface area contributed by atoms with E-state index in [1.54, 1.807) is 0 Å². The molecule has 0 aliphatic heterocycles. The molecule has 5 heavy (non-hydrogen) atoms. The predicted molar refractivity (Wildman–Crippen MR) is 18.9 cm³/mol. The zero-order chi connectivity index (χ0) is 2.71. The van der Waals surface area contributed by atoms with Gasteiger partial charge in [-0.25, -0.2) is 0 Å². The summed E-state index contributed by atoms with van der Waals surface area (Å²) in [6.07, 6.45) is 0. The molecule has 0 unspecified atom stereocenters. The van der Waals surface area contributed by atoms with Crippen LogP contribution in [0.2, 0.25) is 0 Å². The smallest absolute Gasteiger partial charge is 0.0700 e. The van der Waals surface area contributed by atoms with Crippen molar-refractivity contribution >= 4 is 0 Å². The van der Waals surface area contributed by atoms with Crippen LogP contribution >= 0.6 is 0 Å². The molecule has 4 heteroatoms. The molecule has 0 fully saturated rings. The van der Waals surface area contributed by atoms with Crippen molar-refractivity contribution < 1.29 is 11.0 Å². The largest absolute Gasteiger partial charge is 0.412 e. The van der Waals surface area contributed by atoms with Gasteiger partial charge in [-0.3, -0.25) is 0 Å². The summed E-state index contributed by atoms with van der Waals surface area (Å²) >= 11 is 0. The summed E-state index contributed by atoms with van der Waals surface area (Å²) in [5.74, 6) is 0. The monoisotopic (exact) mass is 81.0 g/mol. The van der Waals surface area contributed by atoms with Crippen LogP contribution in [-0.2, 0) is 0 Å².